The number of hydrogen-bond acceptors (Lipinski definition) is 3. The number of nitrogens with one attached hydrogen (secondary N) is 1. The Kier molecular flexibility index (Phi) is 1.93. The first-order valence-corrected chi connectivity index (χ1v) is 4.56. The number of aromatic amines is 1. The number of H-pyrrole nitrogens is 1. The van der Waals surface area contributed by atoms with Crippen LogP contribution in [0, 0.1) is 13.8 Å². The number of aryl methyl sites for hydroxylation is 2. The number of aromatic hydroxyl groups is 2. The maximum atomic E-state index is 11.6. The van der Waals surface area contributed by atoms with Crippen LogP contribution in [0.4, 0.5) is 0 Å². The van der Waals surface area contributed by atoms with E-state index in [1.807, 2.05) is 0 Å². The number of fused-ring (bicyclic) bond motifs is 1. The van der Waals surface area contributed by atoms with Gasteiger partial charge < -0.3 is 15.2 Å². The summed E-state index contributed by atoms with van der Waals surface area (Å²) in [7, 11) is 0. The van der Waals surface area contributed by atoms with E-state index < -0.39 is 0 Å². The molecule has 0 atom stereocenters. The van der Waals surface area contributed by atoms with Crippen LogP contribution in [-0.2, 0) is 0 Å². The minimum Gasteiger partial charge on any atom is -0.508 e. The third-order valence-electron chi connectivity index (χ3n) is 2.58. The number of benzene rings is 1. The van der Waals surface area contributed by atoms with Gasteiger partial charge in [-0.05, 0) is 25.5 Å². The predicted molar refractivity (Wildman–Crippen MR) is 57.4 cm³/mol. The molecule has 0 spiro atoms. The van der Waals surface area contributed by atoms with E-state index in [2.05, 4.69) is 4.98 Å². The molecule has 1 aromatic heterocycles. The molecule has 0 amide bonds. The van der Waals surface area contributed by atoms with Crippen LogP contribution in [0.3, 0.4) is 0 Å². The van der Waals surface area contributed by atoms with E-state index in [1.54, 1.807) is 13.8 Å². The highest BCUT2D eigenvalue weighted by Crippen LogP contribution is 2.32. The van der Waals surface area contributed by atoms with Crippen molar-refractivity contribution >= 4 is 10.8 Å². The van der Waals surface area contributed by atoms with Gasteiger partial charge in [0, 0.05) is 17.1 Å². The fraction of sp³-hybridized carbons (Fsp3) is 0.182. The maximum Gasteiger partial charge on any atom is 0.256 e. The summed E-state index contributed by atoms with van der Waals surface area (Å²) in [5.41, 5.74) is 0.896. The lowest BCUT2D eigenvalue weighted by molar-refractivity contribution is 0.466. The smallest absolute Gasteiger partial charge is 0.256 e. The highest BCUT2D eigenvalue weighted by atomic mass is 16.3. The topological polar surface area (TPSA) is 73.3 Å². The SMILES string of the molecule is Cc1c(O)cc(C)c2c(=O)[nH]cc(O)c12. The molecule has 15 heavy (non-hydrogen) atoms. The molecule has 3 N–H and O–H groups in total. The molecule has 4 nitrogen and oxygen atoms in total. The van der Waals surface area contributed by atoms with Gasteiger partial charge in [-0.25, -0.2) is 0 Å². The van der Waals surface area contributed by atoms with Crippen molar-refractivity contribution in [2.75, 3.05) is 0 Å². The van der Waals surface area contributed by atoms with Crippen LogP contribution in [0.15, 0.2) is 17.1 Å². The van der Waals surface area contributed by atoms with Gasteiger partial charge in [-0.3, -0.25) is 4.79 Å². The molecular weight excluding hydrogens is 194 g/mol. The Morgan fingerprint density at radius 3 is 2.47 bits per heavy atom. The second-order valence-corrected chi connectivity index (χ2v) is 3.59. The third kappa shape index (κ3) is 1.26. The molecule has 0 aliphatic heterocycles. The molecule has 2 aromatic rings. The first kappa shape index (κ1) is 9.58. The quantitative estimate of drug-likeness (QED) is 0.611. The van der Waals surface area contributed by atoms with Crippen LogP contribution < -0.4 is 5.56 Å². The van der Waals surface area contributed by atoms with Crippen molar-refractivity contribution in [3.63, 3.8) is 0 Å². The predicted octanol–water partition coefficient (Wildman–Crippen LogP) is 1.56. The molecule has 0 bridgehead atoms. The lowest BCUT2D eigenvalue weighted by Gasteiger charge is -2.08. The zero-order valence-corrected chi connectivity index (χ0v) is 8.46. The second-order valence-electron chi connectivity index (χ2n) is 3.59. The first-order chi connectivity index (χ1) is 7.02. The number of pyridine rings is 1. The fourth-order valence-corrected chi connectivity index (χ4v) is 1.79. The van der Waals surface area contributed by atoms with Gasteiger partial charge in [0.15, 0.2) is 0 Å². The van der Waals surface area contributed by atoms with Gasteiger partial charge in [-0.15, -0.1) is 0 Å². The van der Waals surface area contributed by atoms with E-state index in [4.69, 9.17) is 0 Å². The molecule has 78 valence electrons. The highest BCUT2D eigenvalue weighted by molar-refractivity contribution is 5.93. The van der Waals surface area contributed by atoms with Crippen LogP contribution in [0.2, 0.25) is 0 Å². The Balaban J connectivity index is 3.16. The van der Waals surface area contributed by atoms with E-state index in [0.717, 1.165) is 0 Å². The minimum atomic E-state index is -0.261. The van der Waals surface area contributed by atoms with Crippen molar-refractivity contribution in [3.05, 3.63) is 33.7 Å². The van der Waals surface area contributed by atoms with Gasteiger partial charge in [-0.2, -0.15) is 0 Å². The maximum absolute atomic E-state index is 11.6. The Hall–Kier alpha value is -1.97. The third-order valence-corrected chi connectivity index (χ3v) is 2.58. The van der Waals surface area contributed by atoms with Gasteiger partial charge in [0.1, 0.15) is 11.5 Å². The summed E-state index contributed by atoms with van der Waals surface area (Å²) in [6.45, 7) is 3.38. The molecule has 2 rings (SSSR count). The second kappa shape index (κ2) is 3.02. The largest absolute Gasteiger partial charge is 0.508 e. The number of rotatable bonds is 0. The van der Waals surface area contributed by atoms with Crippen molar-refractivity contribution in [1.82, 2.24) is 4.98 Å². The average molecular weight is 205 g/mol. The molecule has 0 radical (unpaired) electrons. The zero-order valence-electron chi connectivity index (χ0n) is 8.46. The molecule has 0 fully saturated rings. The Morgan fingerprint density at radius 1 is 1.13 bits per heavy atom. The molecule has 0 unspecified atom stereocenters. The summed E-state index contributed by atoms with van der Waals surface area (Å²) in [5.74, 6) is 0.0574. The summed E-state index contributed by atoms with van der Waals surface area (Å²) in [6, 6.07) is 1.52. The molecule has 0 saturated carbocycles. The van der Waals surface area contributed by atoms with Gasteiger partial charge in [0.2, 0.25) is 0 Å². The van der Waals surface area contributed by atoms with Gasteiger partial charge in [0.05, 0.1) is 5.39 Å². The Morgan fingerprint density at radius 2 is 1.80 bits per heavy atom. The van der Waals surface area contributed by atoms with Crippen molar-refractivity contribution in [2.45, 2.75) is 13.8 Å². The van der Waals surface area contributed by atoms with Crippen LogP contribution in [0.1, 0.15) is 11.1 Å². The van der Waals surface area contributed by atoms with Crippen molar-refractivity contribution in [2.24, 2.45) is 0 Å². The van der Waals surface area contributed by atoms with Crippen LogP contribution in [0.25, 0.3) is 10.8 Å². The van der Waals surface area contributed by atoms with Crippen LogP contribution in [-0.4, -0.2) is 15.2 Å². The number of phenolic OH excluding ortho intramolecular Hbond substituents is 1. The van der Waals surface area contributed by atoms with Gasteiger partial charge in [0.25, 0.3) is 5.56 Å². The Bertz CT molecular complexity index is 599. The number of phenols is 1. The monoisotopic (exact) mass is 205 g/mol. The number of aromatic nitrogens is 1. The van der Waals surface area contributed by atoms with Gasteiger partial charge >= 0.3 is 0 Å². The summed E-state index contributed by atoms with van der Waals surface area (Å²) < 4.78 is 0. The zero-order chi connectivity index (χ0) is 11.2. The normalized spacial score (nSPS) is 10.8. The fourth-order valence-electron chi connectivity index (χ4n) is 1.79. The van der Waals surface area contributed by atoms with Crippen LogP contribution in [0.5, 0.6) is 11.5 Å². The van der Waals surface area contributed by atoms with E-state index in [1.165, 1.54) is 12.3 Å². The van der Waals surface area contributed by atoms with E-state index >= 15 is 0 Å². The molecule has 0 saturated heterocycles. The van der Waals surface area contributed by atoms with Crippen LogP contribution >= 0.6 is 0 Å². The van der Waals surface area contributed by atoms with Crippen molar-refractivity contribution < 1.29 is 10.2 Å². The molecule has 0 aliphatic rings. The number of hydrogen-bond donors (Lipinski definition) is 3. The van der Waals surface area contributed by atoms with Crippen molar-refractivity contribution in [1.29, 1.82) is 0 Å². The lowest BCUT2D eigenvalue weighted by Crippen LogP contribution is -2.07. The van der Waals surface area contributed by atoms with Gasteiger partial charge in [-0.1, -0.05) is 0 Å². The summed E-state index contributed by atoms with van der Waals surface area (Å²) >= 11 is 0. The van der Waals surface area contributed by atoms with E-state index in [-0.39, 0.29) is 17.1 Å². The van der Waals surface area contributed by atoms with Crippen molar-refractivity contribution in [3.8, 4) is 11.5 Å². The molecule has 4 heteroatoms. The highest BCUT2D eigenvalue weighted by Gasteiger charge is 2.12. The van der Waals surface area contributed by atoms with E-state index in [0.29, 0.717) is 21.9 Å². The minimum absolute atomic E-state index is 0.0268. The summed E-state index contributed by atoms with van der Waals surface area (Å²) in [6.07, 6.45) is 1.23. The first-order valence-electron chi connectivity index (χ1n) is 4.56. The Labute approximate surface area is 85.8 Å². The lowest BCUT2D eigenvalue weighted by atomic mass is 10.0. The summed E-state index contributed by atoms with van der Waals surface area (Å²) in [4.78, 5) is 14.0. The molecule has 0 aliphatic carbocycles. The average Bonchev–Trinajstić information content (AvgIpc) is 2.18. The standard InChI is InChI=1S/C11H11NO3/c1-5-3-7(13)6(2)10-8(14)4-12-11(15)9(5)10/h3-4,13-14H,1-2H3,(H,12,15). The molecule has 1 aromatic carbocycles. The molecular formula is C11H11NO3. The summed E-state index contributed by atoms with van der Waals surface area (Å²) in [5, 5.41) is 20.1. The van der Waals surface area contributed by atoms with E-state index in [9.17, 15) is 15.0 Å². The molecule has 1 heterocycles.